The van der Waals surface area contributed by atoms with Gasteiger partial charge in [-0.3, -0.25) is 9.59 Å². The molecule has 0 saturated carbocycles. The number of amides is 1. The molecular formula is C13H17NO5. The molecule has 1 fully saturated rings. The molecule has 2 atom stereocenters. The second-order valence-electron chi connectivity index (χ2n) is 4.32. The highest BCUT2D eigenvalue weighted by molar-refractivity contribution is 6.04. The summed E-state index contributed by atoms with van der Waals surface area (Å²) < 4.78 is 9.05. The SMILES string of the molecule is COC(=O)/C=C/N1C(=O)[C@H](C(=O)OC)[C@H]1C=C(C)C. The lowest BCUT2D eigenvalue weighted by molar-refractivity contribution is -0.165. The van der Waals surface area contributed by atoms with Crippen molar-refractivity contribution in [3.63, 3.8) is 0 Å². The van der Waals surface area contributed by atoms with E-state index in [1.54, 1.807) is 6.08 Å². The maximum Gasteiger partial charge on any atom is 0.331 e. The van der Waals surface area contributed by atoms with Crippen molar-refractivity contribution >= 4 is 17.8 Å². The molecule has 1 heterocycles. The molecule has 6 nitrogen and oxygen atoms in total. The molecule has 1 amide bonds. The van der Waals surface area contributed by atoms with Crippen LogP contribution >= 0.6 is 0 Å². The van der Waals surface area contributed by atoms with E-state index in [1.807, 2.05) is 13.8 Å². The molecule has 6 heteroatoms. The third kappa shape index (κ3) is 3.21. The van der Waals surface area contributed by atoms with Gasteiger partial charge >= 0.3 is 11.9 Å². The Morgan fingerprint density at radius 2 is 1.84 bits per heavy atom. The number of β-lactam (4-membered cyclic amide) rings is 1. The van der Waals surface area contributed by atoms with Gasteiger partial charge in [-0.2, -0.15) is 0 Å². The van der Waals surface area contributed by atoms with Crippen LogP contribution in [0.5, 0.6) is 0 Å². The molecule has 0 aliphatic carbocycles. The van der Waals surface area contributed by atoms with Crippen molar-refractivity contribution in [3.05, 3.63) is 23.9 Å². The first-order chi connectivity index (χ1) is 8.92. The average Bonchev–Trinajstić information content (AvgIpc) is 2.37. The predicted octanol–water partition coefficient (Wildman–Crippen LogP) is 0.639. The second-order valence-corrected chi connectivity index (χ2v) is 4.32. The third-order valence-electron chi connectivity index (χ3n) is 2.71. The zero-order chi connectivity index (χ0) is 14.6. The van der Waals surface area contributed by atoms with Gasteiger partial charge in [-0.05, 0) is 13.8 Å². The zero-order valence-corrected chi connectivity index (χ0v) is 11.4. The minimum Gasteiger partial charge on any atom is -0.468 e. The van der Waals surface area contributed by atoms with Gasteiger partial charge in [-0.25, -0.2) is 4.79 Å². The molecule has 0 unspecified atom stereocenters. The van der Waals surface area contributed by atoms with Crippen LogP contribution in [0.1, 0.15) is 13.8 Å². The number of methoxy groups -OCH3 is 2. The van der Waals surface area contributed by atoms with Gasteiger partial charge in [0.15, 0.2) is 5.92 Å². The van der Waals surface area contributed by atoms with E-state index < -0.39 is 29.8 Å². The lowest BCUT2D eigenvalue weighted by Gasteiger charge is -2.42. The van der Waals surface area contributed by atoms with Crippen molar-refractivity contribution in [2.45, 2.75) is 19.9 Å². The first-order valence-electron chi connectivity index (χ1n) is 5.73. The summed E-state index contributed by atoms with van der Waals surface area (Å²) in [6.07, 6.45) is 4.24. The number of rotatable bonds is 4. The van der Waals surface area contributed by atoms with Crippen LogP contribution in [0.15, 0.2) is 23.9 Å². The predicted molar refractivity (Wildman–Crippen MR) is 66.7 cm³/mol. The number of likely N-dealkylation sites (tertiary alicyclic amines) is 1. The number of hydrogen-bond donors (Lipinski definition) is 0. The molecule has 19 heavy (non-hydrogen) atoms. The van der Waals surface area contributed by atoms with Gasteiger partial charge in [-0.1, -0.05) is 11.6 Å². The van der Waals surface area contributed by atoms with Gasteiger partial charge in [-0.15, -0.1) is 0 Å². The van der Waals surface area contributed by atoms with Gasteiger partial charge in [0, 0.05) is 12.3 Å². The van der Waals surface area contributed by atoms with Gasteiger partial charge in [0.05, 0.1) is 20.3 Å². The van der Waals surface area contributed by atoms with Crippen molar-refractivity contribution in [1.29, 1.82) is 0 Å². The summed E-state index contributed by atoms with van der Waals surface area (Å²) in [6.45, 7) is 3.72. The van der Waals surface area contributed by atoms with E-state index in [0.717, 1.165) is 11.6 Å². The fourth-order valence-corrected chi connectivity index (χ4v) is 1.80. The van der Waals surface area contributed by atoms with Crippen LogP contribution in [0.25, 0.3) is 0 Å². The summed E-state index contributed by atoms with van der Waals surface area (Å²) >= 11 is 0. The first-order valence-corrected chi connectivity index (χ1v) is 5.73. The third-order valence-corrected chi connectivity index (χ3v) is 2.71. The van der Waals surface area contributed by atoms with E-state index >= 15 is 0 Å². The minimum absolute atomic E-state index is 0.394. The summed E-state index contributed by atoms with van der Waals surface area (Å²) in [5, 5.41) is 0. The largest absolute Gasteiger partial charge is 0.468 e. The zero-order valence-electron chi connectivity index (χ0n) is 11.4. The molecule has 1 aliphatic rings. The van der Waals surface area contributed by atoms with Crippen LogP contribution in [-0.2, 0) is 23.9 Å². The summed E-state index contributed by atoms with van der Waals surface area (Å²) in [6, 6.07) is -0.425. The fraction of sp³-hybridized carbons (Fsp3) is 0.462. The van der Waals surface area contributed by atoms with Crippen molar-refractivity contribution in [3.8, 4) is 0 Å². The number of allylic oxidation sites excluding steroid dienone is 1. The van der Waals surface area contributed by atoms with Gasteiger partial charge in [0.2, 0.25) is 5.91 Å². The Hall–Kier alpha value is -2.11. The summed E-state index contributed by atoms with van der Waals surface area (Å²) in [5.74, 6) is -2.38. The maximum absolute atomic E-state index is 11.8. The Balaban J connectivity index is 2.90. The standard InChI is InChI=1S/C13H17NO5/c1-8(2)7-9-11(13(17)19-4)12(16)14(9)6-5-10(15)18-3/h5-7,9,11H,1-4H3/b6-5+/t9-,11-/m1/s1. The lowest BCUT2D eigenvalue weighted by Crippen LogP contribution is -2.60. The highest BCUT2D eigenvalue weighted by Gasteiger charge is 2.50. The molecule has 1 aliphatic heterocycles. The summed E-state index contributed by atoms with van der Waals surface area (Å²) in [4.78, 5) is 35.7. The molecule has 1 saturated heterocycles. The fourth-order valence-electron chi connectivity index (χ4n) is 1.80. The second kappa shape index (κ2) is 6.17. The molecule has 0 N–H and O–H groups in total. The molecular weight excluding hydrogens is 250 g/mol. The number of ether oxygens (including phenoxy) is 2. The number of carbonyl (C=O) groups is 3. The number of nitrogens with zero attached hydrogens (tertiary/aromatic N) is 1. The molecule has 0 radical (unpaired) electrons. The van der Waals surface area contributed by atoms with Crippen molar-refractivity contribution in [2.24, 2.45) is 5.92 Å². The van der Waals surface area contributed by atoms with E-state index in [1.165, 1.54) is 25.3 Å². The Labute approximate surface area is 111 Å². The van der Waals surface area contributed by atoms with Crippen LogP contribution in [0, 0.1) is 5.92 Å². The smallest absolute Gasteiger partial charge is 0.331 e. The van der Waals surface area contributed by atoms with Crippen molar-refractivity contribution < 1.29 is 23.9 Å². The average molecular weight is 267 g/mol. The van der Waals surface area contributed by atoms with Gasteiger partial charge < -0.3 is 14.4 Å². The van der Waals surface area contributed by atoms with Crippen LogP contribution in [0.2, 0.25) is 0 Å². The number of hydrogen-bond acceptors (Lipinski definition) is 5. The number of carbonyl (C=O) groups excluding carboxylic acids is 3. The molecule has 1 rings (SSSR count). The Morgan fingerprint density at radius 1 is 1.21 bits per heavy atom. The van der Waals surface area contributed by atoms with Crippen LogP contribution < -0.4 is 0 Å². The van der Waals surface area contributed by atoms with Gasteiger partial charge in [0.25, 0.3) is 0 Å². The lowest BCUT2D eigenvalue weighted by atomic mass is 9.86. The minimum atomic E-state index is -0.845. The van der Waals surface area contributed by atoms with E-state index in [2.05, 4.69) is 9.47 Å². The molecule has 0 bridgehead atoms. The van der Waals surface area contributed by atoms with Gasteiger partial charge in [0.1, 0.15) is 0 Å². The molecule has 104 valence electrons. The molecule has 0 aromatic heterocycles. The van der Waals surface area contributed by atoms with E-state index in [-0.39, 0.29) is 0 Å². The van der Waals surface area contributed by atoms with E-state index in [4.69, 9.17) is 0 Å². The molecule has 0 spiro atoms. The van der Waals surface area contributed by atoms with Crippen LogP contribution in [0.3, 0.4) is 0 Å². The normalized spacial score (nSPS) is 21.9. The van der Waals surface area contributed by atoms with E-state index in [9.17, 15) is 14.4 Å². The first kappa shape index (κ1) is 14.9. The Bertz CT molecular complexity index is 448. The molecule has 0 aromatic carbocycles. The maximum atomic E-state index is 11.8. The Morgan fingerprint density at radius 3 is 2.32 bits per heavy atom. The summed E-state index contributed by atoms with van der Waals surface area (Å²) in [7, 11) is 2.48. The summed E-state index contributed by atoms with van der Waals surface area (Å²) in [5.41, 5.74) is 0.961. The Kier molecular flexibility index (Phi) is 4.86. The highest BCUT2D eigenvalue weighted by atomic mass is 16.5. The topological polar surface area (TPSA) is 72.9 Å². The molecule has 0 aromatic rings. The van der Waals surface area contributed by atoms with E-state index in [0.29, 0.717) is 0 Å². The monoisotopic (exact) mass is 267 g/mol. The van der Waals surface area contributed by atoms with Crippen LogP contribution in [-0.4, -0.2) is 43.0 Å². The van der Waals surface area contributed by atoms with Crippen LogP contribution in [0.4, 0.5) is 0 Å². The number of esters is 2. The van der Waals surface area contributed by atoms with Crippen molar-refractivity contribution in [2.75, 3.05) is 14.2 Å². The highest BCUT2D eigenvalue weighted by Crippen LogP contribution is 2.30. The quantitative estimate of drug-likeness (QED) is 0.246. The van der Waals surface area contributed by atoms with Crippen molar-refractivity contribution in [1.82, 2.24) is 4.90 Å².